The van der Waals surface area contributed by atoms with Gasteiger partial charge in [0.15, 0.2) is 0 Å². The zero-order valence-electron chi connectivity index (χ0n) is 9.98. The molecule has 2 aromatic carbocycles. The molecule has 2 aromatic rings. The van der Waals surface area contributed by atoms with Crippen molar-refractivity contribution < 1.29 is 14.6 Å². The molecule has 19 heavy (non-hydrogen) atoms. The topological polar surface area (TPSA) is 46.5 Å². The Morgan fingerprint density at radius 3 is 2.63 bits per heavy atom. The molecule has 0 heterocycles. The van der Waals surface area contributed by atoms with Crippen LogP contribution in [0.25, 0.3) is 0 Å². The van der Waals surface area contributed by atoms with E-state index >= 15 is 0 Å². The van der Waals surface area contributed by atoms with Gasteiger partial charge in [-0.1, -0.05) is 27.5 Å². The van der Waals surface area contributed by atoms with Gasteiger partial charge in [-0.15, -0.1) is 0 Å². The highest BCUT2D eigenvalue weighted by Crippen LogP contribution is 2.32. The molecule has 1 N–H and O–H groups in total. The lowest BCUT2D eigenvalue weighted by Gasteiger charge is -2.09. The number of benzene rings is 2. The van der Waals surface area contributed by atoms with Gasteiger partial charge < -0.3 is 9.84 Å². The van der Waals surface area contributed by atoms with E-state index in [1.165, 1.54) is 6.07 Å². The maximum absolute atomic E-state index is 10.9. The van der Waals surface area contributed by atoms with Gasteiger partial charge in [0.25, 0.3) is 0 Å². The second-order valence-corrected chi connectivity index (χ2v) is 5.28. The van der Waals surface area contributed by atoms with Gasteiger partial charge in [0.05, 0.1) is 10.6 Å². The van der Waals surface area contributed by atoms with E-state index in [-0.39, 0.29) is 5.56 Å². The monoisotopic (exact) mass is 340 g/mol. The van der Waals surface area contributed by atoms with Gasteiger partial charge in [0, 0.05) is 4.47 Å². The molecule has 0 aromatic heterocycles. The van der Waals surface area contributed by atoms with E-state index in [9.17, 15) is 4.79 Å². The highest BCUT2D eigenvalue weighted by atomic mass is 79.9. The zero-order chi connectivity index (χ0) is 14.0. The van der Waals surface area contributed by atoms with Crippen molar-refractivity contribution in [2.45, 2.75) is 6.92 Å². The number of hydrogen-bond acceptors (Lipinski definition) is 2. The van der Waals surface area contributed by atoms with Crippen molar-refractivity contribution >= 4 is 33.5 Å². The molecule has 0 atom stereocenters. The van der Waals surface area contributed by atoms with Crippen LogP contribution < -0.4 is 4.74 Å². The summed E-state index contributed by atoms with van der Waals surface area (Å²) in [6.07, 6.45) is 0. The molecule has 2 rings (SSSR count). The van der Waals surface area contributed by atoms with Gasteiger partial charge >= 0.3 is 5.97 Å². The summed E-state index contributed by atoms with van der Waals surface area (Å²) < 4.78 is 6.50. The third kappa shape index (κ3) is 3.28. The van der Waals surface area contributed by atoms with E-state index in [0.29, 0.717) is 22.1 Å². The molecule has 0 aliphatic carbocycles. The van der Waals surface area contributed by atoms with Crippen LogP contribution in [0.1, 0.15) is 15.9 Å². The minimum Gasteiger partial charge on any atom is -0.478 e. The SMILES string of the molecule is Cc1cc(Oc2cc(Br)ccc2Cl)ccc1C(=O)O. The number of carboxylic acid groups (broad SMARTS) is 1. The van der Waals surface area contributed by atoms with Crippen LogP contribution in [-0.4, -0.2) is 11.1 Å². The number of rotatable bonds is 3. The maximum Gasteiger partial charge on any atom is 0.335 e. The van der Waals surface area contributed by atoms with Crippen molar-refractivity contribution in [3.05, 3.63) is 57.0 Å². The largest absolute Gasteiger partial charge is 0.478 e. The van der Waals surface area contributed by atoms with Gasteiger partial charge in [0.2, 0.25) is 0 Å². The Hall–Kier alpha value is -1.52. The molecule has 0 amide bonds. The quantitative estimate of drug-likeness (QED) is 0.863. The third-order valence-electron chi connectivity index (χ3n) is 2.55. The molecule has 0 spiro atoms. The number of ether oxygens (including phenoxy) is 1. The molecule has 0 aliphatic heterocycles. The Labute approximate surface area is 123 Å². The molecule has 0 fully saturated rings. The van der Waals surface area contributed by atoms with E-state index in [0.717, 1.165) is 4.47 Å². The third-order valence-corrected chi connectivity index (χ3v) is 3.35. The molecule has 0 saturated heterocycles. The standard InChI is InChI=1S/C14H10BrClO3/c1-8-6-10(3-4-11(8)14(17)18)19-13-7-9(15)2-5-12(13)16/h2-7H,1H3,(H,17,18). The van der Waals surface area contributed by atoms with Gasteiger partial charge in [0.1, 0.15) is 11.5 Å². The minimum absolute atomic E-state index is 0.257. The van der Waals surface area contributed by atoms with Crippen LogP contribution in [-0.2, 0) is 0 Å². The lowest BCUT2D eigenvalue weighted by Crippen LogP contribution is -1.99. The summed E-state index contributed by atoms with van der Waals surface area (Å²) in [6.45, 7) is 1.72. The molecular weight excluding hydrogens is 332 g/mol. The summed E-state index contributed by atoms with van der Waals surface area (Å²) >= 11 is 9.37. The fourth-order valence-electron chi connectivity index (χ4n) is 1.62. The van der Waals surface area contributed by atoms with Gasteiger partial charge in [-0.3, -0.25) is 0 Å². The van der Waals surface area contributed by atoms with Crippen LogP contribution in [0.2, 0.25) is 5.02 Å². The summed E-state index contributed by atoms with van der Waals surface area (Å²) in [6, 6.07) is 10.1. The van der Waals surface area contributed by atoms with Crippen LogP contribution >= 0.6 is 27.5 Å². The van der Waals surface area contributed by atoms with Crippen LogP contribution in [0, 0.1) is 6.92 Å². The zero-order valence-corrected chi connectivity index (χ0v) is 12.3. The molecule has 0 aliphatic rings. The van der Waals surface area contributed by atoms with Gasteiger partial charge in [-0.2, -0.15) is 0 Å². The highest BCUT2D eigenvalue weighted by Gasteiger charge is 2.09. The van der Waals surface area contributed by atoms with Crippen LogP contribution in [0.5, 0.6) is 11.5 Å². The normalized spacial score (nSPS) is 10.3. The summed E-state index contributed by atoms with van der Waals surface area (Å²) in [5.41, 5.74) is 0.892. The Bertz CT molecular complexity index is 641. The van der Waals surface area contributed by atoms with Crippen molar-refractivity contribution in [3.63, 3.8) is 0 Å². The average Bonchev–Trinajstić information content (AvgIpc) is 2.33. The maximum atomic E-state index is 10.9. The minimum atomic E-state index is -0.954. The van der Waals surface area contributed by atoms with E-state index in [2.05, 4.69) is 15.9 Å². The molecule has 0 saturated carbocycles. The smallest absolute Gasteiger partial charge is 0.335 e. The molecule has 98 valence electrons. The Morgan fingerprint density at radius 2 is 2.00 bits per heavy atom. The number of aryl methyl sites for hydroxylation is 1. The van der Waals surface area contributed by atoms with Crippen LogP contribution in [0.15, 0.2) is 40.9 Å². The predicted molar refractivity (Wildman–Crippen MR) is 77.4 cm³/mol. The highest BCUT2D eigenvalue weighted by molar-refractivity contribution is 9.10. The summed E-state index contributed by atoms with van der Waals surface area (Å²) in [5, 5.41) is 9.45. The number of halogens is 2. The second kappa shape index (κ2) is 5.63. The Balaban J connectivity index is 2.31. The van der Waals surface area contributed by atoms with Crippen molar-refractivity contribution in [2.75, 3.05) is 0 Å². The van der Waals surface area contributed by atoms with Crippen molar-refractivity contribution in [3.8, 4) is 11.5 Å². The van der Waals surface area contributed by atoms with E-state index in [4.69, 9.17) is 21.4 Å². The van der Waals surface area contributed by atoms with Crippen LogP contribution in [0.3, 0.4) is 0 Å². The predicted octanol–water partition coefficient (Wildman–Crippen LogP) is 4.90. The molecule has 0 unspecified atom stereocenters. The number of aromatic carboxylic acids is 1. The van der Waals surface area contributed by atoms with Gasteiger partial charge in [-0.25, -0.2) is 4.79 Å². The average molecular weight is 342 g/mol. The fourth-order valence-corrected chi connectivity index (χ4v) is 2.12. The van der Waals surface area contributed by atoms with Crippen molar-refractivity contribution in [2.24, 2.45) is 0 Å². The lowest BCUT2D eigenvalue weighted by atomic mass is 10.1. The fraction of sp³-hybridized carbons (Fsp3) is 0.0714. The Morgan fingerprint density at radius 1 is 1.26 bits per heavy atom. The number of carboxylic acids is 1. The summed E-state index contributed by atoms with van der Waals surface area (Å²) in [4.78, 5) is 10.9. The molecular formula is C14H10BrClO3. The van der Waals surface area contributed by atoms with Crippen molar-refractivity contribution in [1.29, 1.82) is 0 Å². The first kappa shape index (κ1) is 13.9. The number of hydrogen-bond donors (Lipinski definition) is 1. The lowest BCUT2D eigenvalue weighted by molar-refractivity contribution is 0.0696. The molecule has 3 nitrogen and oxygen atoms in total. The first-order valence-corrected chi connectivity index (χ1v) is 6.61. The molecule has 5 heteroatoms. The van der Waals surface area contributed by atoms with E-state index in [1.54, 1.807) is 31.2 Å². The first-order chi connectivity index (χ1) is 8.97. The molecule has 0 radical (unpaired) electrons. The Kier molecular flexibility index (Phi) is 4.12. The van der Waals surface area contributed by atoms with Crippen molar-refractivity contribution in [1.82, 2.24) is 0 Å². The van der Waals surface area contributed by atoms with E-state index in [1.807, 2.05) is 6.07 Å². The molecule has 0 bridgehead atoms. The summed E-state index contributed by atoms with van der Waals surface area (Å²) in [7, 11) is 0. The van der Waals surface area contributed by atoms with Crippen LogP contribution in [0.4, 0.5) is 0 Å². The number of carbonyl (C=O) groups is 1. The summed E-state index contributed by atoms with van der Waals surface area (Å²) in [5.74, 6) is 0.102. The van der Waals surface area contributed by atoms with E-state index < -0.39 is 5.97 Å². The first-order valence-electron chi connectivity index (χ1n) is 5.44. The van der Waals surface area contributed by atoms with Gasteiger partial charge in [-0.05, 0) is 48.9 Å². The second-order valence-electron chi connectivity index (χ2n) is 3.96.